The summed E-state index contributed by atoms with van der Waals surface area (Å²) < 4.78 is 1.34. The molecule has 1 heterocycles. The van der Waals surface area contributed by atoms with E-state index in [4.69, 9.17) is 0 Å². The molecule has 12 heavy (non-hydrogen) atoms. The van der Waals surface area contributed by atoms with E-state index in [1.807, 2.05) is 18.5 Å². The van der Waals surface area contributed by atoms with E-state index in [2.05, 4.69) is 29.0 Å². The molecule has 0 aliphatic heterocycles. The van der Waals surface area contributed by atoms with Crippen molar-refractivity contribution in [2.24, 2.45) is 0 Å². The second-order valence-electron chi connectivity index (χ2n) is 2.47. The van der Waals surface area contributed by atoms with Gasteiger partial charge < -0.3 is 0 Å². The molecule has 0 unspecified atom stereocenters. The van der Waals surface area contributed by atoms with E-state index in [1.165, 1.54) is 17.3 Å². The first-order valence-corrected chi connectivity index (χ1v) is 5.99. The molecular formula is C10H13NSe. The number of hydrogen-bond acceptors (Lipinski definition) is 1. The fourth-order valence-electron chi connectivity index (χ4n) is 0.778. The number of allylic oxidation sites excluding steroid dienone is 1. The number of pyridine rings is 1. The zero-order valence-electron chi connectivity index (χ0n) is 7.23. The molecule has 64 valence electrons. The Balaban J connectivity index is 2.33. The van der Waals surface area contributed by atoms with Crippen molar-refractivity contribution in [3.05, 3.63) is 35.6 Å². The van der Waals surface area contributed by atoms with E-state index >= 15 is 0 Å². The van der Waals surface area contributed by atoms with Gasteiger partial charge >= 0.3 is 79.7 Å². The normalized spacial score (nSPS) is 10.8. The SMILES string of the molecule is CCCC=C[Se]c1cccnc1. The van der Waals surface area contributed by atoms with E-state index in [0.29, 0.717) is 15.0 Å². The van der Waals surface area contributed by atoms with E-state index in [0.717, 1.165) is 0 Å². The summed E-state index contributed by atoms with van der Waals surface area (Å²) in [4.78, 5) is 6.34. The van der Waals surface area contributed by atoms with Crippen molar-refractivity contribution in [2.75, 3.05) is 0 Å². The first-order valence-electron chi connectivity index (χ1n) is 4.15. The summed E-state index contributed by atoms with van der Waals surface area (Å²) >= 11 is 0.476. The van der Waals surface area contributed by atoms with Gasteiger partial charge in [-0.2, -0.15) is 0 Å². The van der Waals surface area contributed by atoms with E-state index < -0.39 is 0 Å². The zero-order valence-corrected chi connectivity index (χ0v) is 8.95. The van der Waals surface area contributed by atoms with Gasteiger partial charge in [0.2, 0.25) is 0 Å². The molecule has 0 fully saturated rings. The Labute approximate surface area is 80.1 Å². The Morgan fingerprint density at radius 3 is 3.17 bits per heavy atom. The average molecular weight is 226 g/mol. The fraction of sp³-hybridized carbons (Fsp3) is 0.300. The predicted octanol–water partition coefficient (Wildman–Crippen LogP) is 1.72. The summed E-state index contributed by atoms with van der Waals surface area (Å²) in [5, 5.41) is 0. The van der Waals surface area contributed by atoms with E-state index in [-0.39, 0.29) is 0 Å². The molecule has 0 N–H and O–H groups in total. The molecule has 0 saturated carbocycles. The molecule has 1 rings (SSSR count). The third-order valence-electron chi connectivity index (χ3n) is 1.39. The van der Waals surface area contributed by atoms with Crippen LogP contribution in [0.4, 0.5) is 0 Å². The Hall–Kier alpha value is -0.591. The number of aromatic nitrogens is 1. The molecule has 2 heteroatoms. The molecule has 0 radical (unpaired) electrons. The summed E-state index contributed by atoms with van der Waals surface area (Å²) in [5.41, 5.74) is 0. The second-order valence-corrected chi connectivity index (χ2v) is 4.52. The summed E-state index contributed by atoms with van der Waals surface area (Å²) in [7, 11) is 0. The fourth-order valence-corrected chi connectivity index (χ4v) is 2.18. The molecule has 0 bridgehead atoms. The van der Waals surface area contributed by atoms with Crippen LogP contribution in [0.3, 0.4) is 0 Å². The van der Waals surface area contributed by atoms with Crippen molar-refractivity contribution in [3.63, 3.8) is 0 Å². The van der Waals surface area contributed by atoms with Crippen LogP contribution in [0.1, 0.15) is 19.8 Å². The molecule has 0 aliphatic carbocycles. The third kappa shape index (κ3) is 3.70. The molecule has 0 spiro atoms. The maximum absolute atomic E-state index is 4.07. The van der Waals surface area contributed by atoms with Crippen LogP contribution in [0.5, 0.6) is 0 Å². The van der Waals surface area contributed by atoms with Crippen LogP contribution in [0, 0.1) is 0 Å². The first kappa shape index (κ1) is 9.50. The summed E-state index contributed by atoms with van der Waals surface area (Å²) in [6.45, 7) is 2.20. The van der Waals surface area contributed by atoms with Crippen molar-refractivity contribution in [2.45, 2.75) is 19.8 Å². The molecule has 0 aromatic carbocycles. The Kier molecular flexibility index (Phi) is 4.74. The Morgan fingerprint density at radius 2 is 2.50 bits per heavy atom. The molecule has 1 aromatic rings. The van der Waals surface area contributed by atoms with Gasteiger partial charge in [0.25, 0.3) is 0 Å². The van der Waals surface area contributed by atoms with Crippen LogP contribution in [-0.2, 0) is 0 Å². The van der Waals surface area contributed by atoms with Crippen LogP contribution in [-0.4, -0.2) is 19.9 Å². The molecule has 1 nitrogen and oxygen atoms in total. The number of hydrogen-bond donors (Lipinski definition) is 0. The first-order chi connectivity index (χ1) is 5.93. The Bertz CT molecular complexity index is 231. The standard InChI is InChI=1S/C10H13NSe/c1-2-3-4-8-12-10-6-5-7-11-9-10/h4-9H,2-3H2,1H3. The van der Waals surface area contributed by atoms with Crippen LogP contribution < -0.4 is 4.46 Å². The second kappa shape index (κ2) is 5.98. The van der Waals surface area contributed by atoms with Crippen molar-refractivity contribution >= 4 is 19.4 Å². The van der Waals surface area contributed by atoms with Crippen LogP contribution in [0.15, 0.2) is 35.6 Å². The van der Waals surface area contributed by atoms with Gasteiger partial charge in [0.05, 0.1) is 0 Å². The quantitative estimate of drug-likeness (QED) is 0.712. The summed E-state index contributed by atoms with van der Waals surface area (Å²) in [6.07, 6.45) is 8.44. The van der Waals surface area contributed by atoms with Crippen molar-refractivity contribution in [3.8, 4) is 0 Å². The molecule has 0 saturated heterocycles. The molecule has 0 aliphatic rings. The average Bonchev–Trinajstić information content (AvgIpc) is 2.14. The van der Waals surface area contributed by atoms with Gasteiger partial charge in [-0.05, 0) is 0 Å². The van der Waals surface area contributed by atoms with Gasteiger partial charge in [0, 0.05) is 0 Å². The minimum absolute atomic E-state index is 0.476. The summed E-state index contributed by atoms with van der Waals surface area (Å²) in [6, 6.07) is 4.12. The van der Waals surface area contributed by atoms with Gasteiger partial charge in [-0.1, -0.05) is 0 Å². The third-order valence-corrected chi connectivity index (χ3v) is 3.16. The predicted molar refractivity (Wildman–Crippen MR) is 53.7 cm³/mol. The van der Waals surface area contributed by atoms with Crippen LogP contribution in [0.25, 0.3) is 0 Å². The van der Waals surface area contributed by atoms with E-state index in [1.54, 1.807) is 0 Å². The summed E-state index contributed by atoms with van der Waals surface area (Å²) in [5.74, 6) is 0. The van der Waals surface area contributed by atoms with Gasteiger partial charge in [-0.15, -0.1) is 0 Å². The van der Waals surface area contributed by atoms with E-state index in [9.17, 15) is 0 Å². The van der Waals surface area contributed by atoms with Gasteiger partial charge in [0.1, 0.15) is 0 Å². The molecular weight excluding hydrogens is 213 g/mol. The number of nitrogens with zero attached hydrogens (tertiary/aromatic N) is 1. The van der Waals surface area contributed by atoms with Gasteiger partial charge in [0.15, 0.2) is 0 Å². The van der Waals surface area contributed by atoms with Gasteiger partial charge in [-0.25, -0.2) is 0 Å². The zero-order chi connectivity index (χ0) is 8.65. The van der Waals surface area contributed by atoms with Crippen molar-refractivity contribution in [1.29, 1.82) is 0 Å². The molecule has 0 amide bonds. The van der Waals surface area contributed by atoms with Crippen LogP contribution in [0.2, 0.25) is 0 Å². The van der Waals surface area contributed by atoms with Crippen molar-refractivity contribution in [1.82, 2.24) is 4.98 Å². The monoisotopic (exact) mass is 227 g/mol. The molecule has 1 aromatic heterocycles. The topological polar surface area (TPSA) is 12.9 Å². The number of rotatable bonds is 4. The number of unbranched alkanes of at least 4 members (excludes halogenated alkanes) is 1. The van der Waals surface area contributed by atoms with Crippen molar-refractivity contribution < 1.29 is 0 Å². The molecule has 0 atom stereocenters. The minimum atomic E-state index is 0.476. The van der Waals surface area contributed by atoms with Gasteiger partial charge in [-0.3, -0.25) is 0 Å². The van der Waals surface area contributed by atoms with Crippen LogP contribution >= 0.6 is 0 Å². The Morgan fingerprint density at radius 1 is 1.58 bits per heavy atom. The maximum atomic E-state index is 4.07.